The highest BCUT2D eigenvalue weighted by atomic mass is 16.5. The molecule has 0 saturated carbocycles. The summed E-state index contributed by atoms with van der Waals surface area (Å²) in [6.07, 6.45) is 3.75. The molecule has 1 fully saturated rings. The Hall–Kier alpha value is -1.50. The van der Waals surface area contributed by atoms with Crippen LogP contribution in [-0.2, 0) is 22.4 Å². The zero-order chi connectivity index (χ0) is 15.2. The molecule has 6 heteroatoms. The number of nitrogens with zero attached hydrogens (tertiary/aromatic N) is 4. The Morgan fingerprint density at radius 1 is 1.27 bits per heavy atom. The summed E-state index contributed by atoms with van der Waals surface area (Å²) in [5, 5.41) is 0. The van der Waals surface area contributed by atoms with Crippen LogP contribution in [0.5, 0.6) is 0 Å². The van der Waals surface area contributed by atoms with Crippen LogP contribution in [0.2, 0.25) is 0 Å². The van der Waals surface area contributed by atoms with Gasteiger partial charge < -0.3 is 14.0 Å². The lowest BCUT2D eigenvalue weighted by molar-refractivity contribution is 0.0364. The number of rotatable bonds is 7. The number of methoxy groups -OCH3 is 1. The minimum atomic E-state index is 0.764. The normalized spacial score (nSPS) is 16.4. The van der Waals surface area contributed by atoms with Crippen molar-refractivity contribution in [3.8, 4) is 0 Å². The van der Waals surface area contributed by atoms with Crippen molar-refractivity contribution < 1.29 is 9.47 Å². The van der Waals surface area contributed by atoms with Gasteiger partial charge in [0.2, 0.25) is 0 Å². The largest absolute Gasteiger partial charge is 0.385 e. The van der Waals surface area contributed by atoms with Crippen LogP contribution in [0.4, 0.5) is 0 Å². The fourth-order valence-electron chi connectivity index (χ4n) is 2.87. The second-order valence-corrected chi connectivity index (χ2v) is 5.58. The summed E-state index contributed by atoms with van der Waals surface area (Å²) in [6, 6.07) is 3.98. The highest BCUT2D eigenvalue weighted by Crippen LogP contribution is 2.15. The minimum absolute atomic E-state index is 0.764. The van der Waals surface area contributed by atoms with Crippen molar-refractivity contribution in [3.63, 3.8) is 0 Å². The summed E-state index contributed by atoms with van der Waals surface area (Å²) in [7, 11) is 1.74. The molecule has 0 spiro atoms. The van der Waals surface area contributed by atoms with Gasteiger partial charge >= 0.3 is 0 Å². The highest BCUT2D eigenvalue weighted by molar-refractivity contribution is 5.71. The van der Waals surface area contributed by atoms with E-state index in [-0.39, 0.29) is 0 Å². The first-order valence-electron chi connectivity index (χ1n) is 7.97. The van der Waals surface area contributed by atoms with Crippen LogP contribution in [0, 0.1) is 0 Å². The van der Waals surface area contributed by atoms with Gasteiger partial charge in [0.15, 0.2) is 5.65 Å². The van der Waals surface area contributed by atoms with Crippen LogP contribution < -0.4 is 0 Å². The fraction of sp³-hybridized carbons (Fsp3) is 0.625. The molecular weight excluding hydrogens is 280 g/mol. The van der Waals surface area contributed by atoms with E-state index in [1.807, 2.05) is 18.3 Å². The second-order valence-electron chi connectivity index (χ2n) is 5.58. The van der Waals surface area contributed by atoms with E-state index < -0.39 is 0 Å². The van der Waals surface area contributed by atoms with Gasteiger partial charge in [0, 0.05) is 52.5 Å². The average molecular weight is 304 g/mol. The zero-order valence-corrected chi connectivity index (χ0v) is 13.2. The molecule has 0 aliphatic carbocycles. The number of fused-ring (bicyclic) bond motifs is 1. The molecule has 1 aliphatic heterocycles. The molecule has 0 aromatic carbocycles. The molecule has 3 heterocycles. The predicted molar refractivity (Wildman–Crippen MR) is 85.0 cm³/mol. The second kappa shape index (κ2) is 7.67. The van der Waals surface area contributed by atoms with E-state index in [2.05, 4.69) is 14.5 Å². The molecule has 0 radical (unpaired) electrons. The van der Waals surface area contributed by atoms with E-state index in [4.69, 9.17) is 14.5 Å². The van der Waals surface area contributed by atoms with E-state index >= 15 is 0 Å². The first-order valence-corrected chi connectivity index (χ1v) is 7.97. The van der Waals surface area contributed by atoms with Crippen LogP contribution in [0.15, 0.2) is 18.3 Å². The molecule has 3 rings (SSSR count). The molecule has 0 amide bonds. The highest BCUT2D eigenvalue weighted by Gasteiger charge is 2.14. The molecule has 0 bridgehead atoms. The Bertz CT molecular complexity index is 593. The van der Waals surface area contributed by atoms with Crippen molar-refractivity contribution in [2.75, 3.05) is 46.6 Å². The number of imidazole rings is 1. The summed E-state index contributed by atoms with van der Waals surface area (Å²) in [6.45, 7) is 6.41. The van der Waals surface area contributed by atoms with Gasteiger partial charge in [-0.25, -0.2) is 9.97 Å². The Morgan fingerprint density at radius 2 is 2.14 bits per heavy atom. The molecule has 0 atom stereocenters. The number of pyridine rings is 1. The van der Waals surface area contributed by atoms with E-state index in [0.717, 1.165) is 75.8 Å². The monoisotopic (exact) mass is 304 g/mol. The summed E-state index contributed by atoms with van der Waals surface area (Å²) in [4.78, 5) is 11.7. The lowest BCUT2D eigenvalue weighted by atomic mass is 10.3. The number of aryl methyl sites for hydroxylation is 1. The van der Waals surface area contributed by atoms with E-state index in [1.165, 1.54) is 0 Å². The predicted octanol–water partition coefficient (Wildman–Crippen LogP) is 1.34. The zero-order valence-electron chi connectivity index (χ0n) is 13.2. The maximum absolute atomic E-state index is 5.41. The molecular formula is C16H24N4O2. The number of hydrogen-bond acceptors (Lipinski definition) is 5. The number of morpholine rings is 1. The van der Waals surface area contributed by atoms with Crippen LogP contribution in [0.25, 0.3) is 11.2 Å². The third kappa shape index (κ3) is 3.63. The quantitative estimate of drug-likeness (QED) is 0.723. The maximum atomic E-state index is 5.41. The first kappa shape index (κ1) is 15.4. The standard InChI is InChI=1S/C16H24N4O2/c1-21-11-3-5-15-18-14-4-2-6-17-16(14)20(15)8-7-19-9-12-22-13-10-19/h2,4,6H,3,5,7-13H2,1H3. The topological polar surface area (TPSA) is 52.4 Å². The Balaban J connectivity index is 1.73. The van der Waals surface area contributed by atoms with E-state index in [0.29, 0.717) is 0 Å². The lowest BCUT2D eigenvalue weighted by Crippen LogP contribution is -2.38. The summed E-state index contributed by atoms with van der Waals surface area (Å²) in [5.41, 5.74) is 1.97. The molecule has 1 saturated heterocycles. The van der Waals surface area contributed by atoms with Gasteiger partial charge in [-0.1, -0.05) is 0 Å². The number of hydrogen-bond donors (Lipinski definition) is 0. The third-order valence-corrected chi connectivity index (χ3v) is 4.08. The molecule has 120 valence electrons. The fourth-order valence-corrected chi connectivity index (χ4v) is 2.87. The maximum Gasteiger partial charge on any atom is 0.160 e. The first-order chi connectivity index (χ1) is 10.9. The molecule has 2 aromatic heterocycles. The van der Waals surface area contributed by atoms with Crippen molar-refractivity contribution >= 4 is 11.2 Å². The summed E-state index contributed by atoms with van der Waals surface area (Å²) >= 11 is 0. The van der Waals surface area contributed by atoms with Crippen molar-refractivity contribution in [3.05, 3.63) is 24.2 Å². The molecule has 22 heavy (non-hydrogen) atoms. The summed E-state index contributed by atoms with van der Waals surface area (Å²) < 4.78 is 12.8. The Morgan fingerprint density at radius 3 is 2.95 bits per heavy atom. The SMILES string of the molecule is COCCCc1nc2cccnc2n1CCN1CCOCC1. The van der Waals surface area contributed by atoms with Crippen molar-refractivity contribution in [1.82, 2.24) is 19.4 Å². The van der Waals surface area contributed by atoms with E-state index in [9.17, 15) is 0 Å². The van der Waals surface area contributed by atoms with Crippen LogP contribution in [-0.4, -0.2) is 66.0 Å². The molecule has 0 N–H and O–H groups in total. The van der Waals surface area contributed by atoms with Gasteiger partial charge in [0.05, 0.1) is 13.2 Å². The van der Waals surface area contributed by atoms with Gasteiger partial charge in [-0.3, -0.25) is 4.90 Å². The van der Waals surface area contributed by atoms with Crippen LogP contribution in [0.3, 0.4) is 0 Å². The van der Waals surface area contributed by atoms with Crippen LogP contribution >= 0.6 is 0 Å². The van der Waals surface area contributed by atoms with Gasteiger partial charge in [0.25, 0.3) is 0 Å². The van der Waals surface area contributed by atoms with E-state index in [1.54, 1.807) is 7.11 Å². The van der Waals surface area contributed by atoms with Crippen molar-refractivity contribution in [2.45, 2.75) is 19.4 Å². The number of ether oxygens (including phenoxy) is 2. The smallest absolute Gasteiger partial charge is 0.160 e. The summed E-state index contributed by atoms with van der Waals surface area (Å²) in [5.74, 6) is 1.11. The Kier molecular flexibility index (Phi) is 5.37. The molecule has 2 aromatic rings. The van der Waals surface area contributed by atoms with Crippen molar-refractivity contribution in [1.29, 1.82) is 0 Å². The van der Waals surface area contributed by atoms with Gasteiger partial charge in [0.1, 0.15) is 11.3 Å². The number of aromatic nitrogens is 3. The van der Waals surface area contributed by atoms with Crippen LogP contribution in [0.1, 0.15) is 12.2 Å². The van der Waals surface area contributed by atoms with Gasteiger partial charge in [-0.15, -0.1) is 0 Å². The van der Waals surface area contributed by atoms with Gasteiger partial charge in [-0.2, -0.15) is 0 Å². The van der Waals surface area contributed by atoms with Gasteiger partial charge in [-0.05, 0) is 18.6 Å². The van der Waals surface area contributed by atoms with Crippen molar-refractivity contribution in [2.24, 2.45) is 0 Å². The minimum Gasteiger partial charge on any atom is -0.385 e. The molecule has 0 unspecified atom stereocenters. The average Bonchev–Trinajstić information content (AvgIpc) is 2.92. The third-order valence-electron chi connectivity index (χ3n) is 4.08. The Labute approximate surface area is 131 Å². The molecule has 1 aliphatic rings. The lowest BCUT2D eigenvalue weighted by Gasteiger charge is -2.26. The molecule has 6 nitrogen and oxygen atoms in total.